The van der Waals surface area contributed by atoms with Crippen LogP contribution in [0.15, 0.2) is 4.36 Å². The molecule has 4 radical (unpaired) electrons. The molecule has 6 nitrogen and oxygen atoms in total. The maximum atomic E-state index is 8.14. The number of hydrogen-bond donors (Lipinski definition) is 5. The van der Waals surface area contributed by atoms with Crippen molar-refractivity contribution in [2.75, 3.05) is 6.44 Å². The molecule has 2 unspecified atom stereocenters. The molecule has 15 heteroatoms. The molecule has 0 fully saturated rings. The average Bonchev–Trinajstić information content (AvgIpc) is 2.80. The topological polar surface area (TPSA) is 131 Å². The second kappa shape index (κ2) is 182. The van der Waals surface area contributed by atoms with Gasteiger partial charge in [-0.3, -0.25) is 0 Å². The van der Waals surface area contributed by atoms with Crippen LogP contribution in [0, 0.1) is 57.4 Å². The van der Waals surface area contributed by atoms with Crippen LogP contribution < -0.4 is 135 Å². The van der Waals surface area contributed by atoms with Gasteiger partial charge in [-0.2, -0.15) is 27.7 Å². The van der Waals surface area contributed by atoms with Gasteiger partial charge in [0.25, 0.3) is 0 Å². The molecular formula is C26H70B2Cl2N4Na4O2S-4. The average molecular weight is 687 g/mol. The van der Waals surface area contributed by atoms with E-state index in [0.717, 1.165) is 0 Å². The molecule has 240 valence electrons. The molecule has 0 bridgehead atoms. The Bertz CT molecular complexity index is 216. The van der Waals surface area contributed by atoms with Crippen molar-refractivity contribution < 1.29 is 128 Å². The number of nitrogens with two attached hydrogens (primary N) is 3. The number of aliphatic hydroxyl groups is 2. The molecule has 0 heterocycles. The second-order valence-corrected chi connectivity index (χ2v) is 6.02. The summed E-state index contributed by atoms with van der Waals surface area (Å²) in [7, 11) is 9.55. The molecule has 0 aromatic rings. The molecule has 8 N–H and O–H groups in total. The summed E-state index contributed by atoms with van der Waals surface area (Å²) < 4.78 is 3.10. The maximum Gasteiger partial charge on any atom is 1.00 e. The third-order valence-electron chi connectivity index (χ3n) is 0.574. The van der Waals surface area contributed by atoms with Gasteiger partial charge in [-0.1, -0.05) is 60.7 Å². The number of nitrogens with zero attached hydrogens (tertiary/aromatic N) is 1. The van der Waals surface area contributed by atoms with Gasteiger partial charge in [-0.25, -0.2) is 4.36 Å². The Morgan fingerprint density at radius 1 is 0.683 bits per heavy atom. The van der Waals surface area contributed by atoms with Gasteiger partial charge in [0.1, 0.15) is 11.1 Å². The Hall–Kier alpha value is 4.53. The van der Waals surface area contributed by atoms with Gasteiger partial charge in [0, 0.05) is 18.9 Å². The number of hydrogen-bond acceptors (Lipinski definition) is 7. The second-order valence-electron chi connectivity index (χ2n) is 4.60. The first-order valence-corrected chi connectivity index (χ1v) is 12.1. The van der Waals surface area contributed by atoms with Crippen molar-refractivity contribution in [2.45, 2.75) is 112 Å². The van der Waals surface area contributed by atoms with E-state index in [1.165, 1.54) is 12.8 Å². The minimum absolute atomic E-state index is 0. The largest absolute Gasteiger partial charge is 1.00 e. The van der Waals surface area contributed by atoms with Crippen LogP contribution in [0.4, 0.5) is 0 Å². The first-order chi connectivity index (χ1) is 15.4. The van der Waals surface area contributed by atoms with E-state index in [1.54, 1.807) is 27.7 Å². The molecule has 0 saturated heterocycles. The summed E-state index contributed by atoms with van der Waals surface area (Å²) in [5.41, 5.74) is 14.6. The Morgan fingerprint density at radius 2 is 0.756 bits per heavy atom. The van der Waals surface area contributed by atoms with Crippen LogP contribution >= 0.6 is 23.2 Å². The van der Waals surface area contributed by atoms with Crippen LogP contribution in [0.5, 0.6) is 0 Å². The molecule has 2 atom stereocenters. The normalized spacial score (nSPS) is 7.00. The fourth-order valence-corrected chi connectivity index (χ4v) is 0. The number of rotatable bonds is 3. The molecule has 0 saturated carbocycles. The molecule has 41 heavy (non-hydrogen) atoms. The van der Waals surface area contributed by atoms with Gasteiger partial charge in [0.05, 0.1) is 21.9 Å². The summed E-state index contributed by atoms with van der Waals surface area (Å²) in [5, 5.41) is 16.2. The Labute approximate surface area is 371 Å². The summed E-state index contributed by atoms with van der Waals surface area (Å²) >= 11 is 14.1. The molecule has 0 spiro atoms. The van der Waals surface area contributed by atoms with Crippen LogP contribution in [-0.4, -0.2) is 55.7 Å². The third-order valence-corrected chi connectivity index (χ3v) is 1.24. The summed E-state index contributed by atoms with van der Waals surface area (Å²) in [6.07, 6.45) is 0.943. The van der Waals surface area contributed by atoms with E-state index in [2.05, 4.69) is 72.2 Å². The fourth-order valence-electron chi connectivity index (χ4n) is 0. The number of aliphatic hydroxyl groups excluding tert-OH is 2. The van der Waals surface area contributed by atoms with Gasteiger partial charge in [0.15, 0.2) is 0 Å². The molecule has 0 aliphatic carbocycles. The van der Waals surface area contributed by atoms with E-state index in [9.17, 15) is 0 Å². The van der Waals surface area contributed by atoms with Gasteiger partial charge >= 0.3 is 118 Å². The van der Waals surface area contributed by atoms with Gasteiger partial charge in [-0.15, -0.1) is 23.2 Å². The minimum atomic E-state index is -1.12. The zero-order valence-corrected chi connectivity index (χ0v) is 41.7. The molecule has 0 aliphatic rings. The monoisotopic (exact) mass is 686 g/mol. The summed E-state index contributed by atoms with van der Waals surface area (Å²) in [6, 6.07) is 0.333. The first kappa shape index (κ1) is 119. The molecule has 0 rings (SSSR count). The zero-order valence-electron chi connectivity index (χ0n) is 31.4. The molecule has 0 aromatic heterocycles. The quantitative estimate of drug-likeness (QED) is 0.0877. The Balaban J connectivity index is -0.00000000897. The zero-order chi connectivity index (χ0) is 29.8. The van der Waals surface area contributed by atoms with E-state index in [0.29, 0.717) is 6.04 Å². The van der Waals surface area contributed by atoms with E-state index < -0.39 is 17.3 Å². The number of alkyl halides is 2. The van der Waals surface area contributed by atoms with Crippen LogP contribution in [0.1, 0.15) is 82.1 Å². The molecule has 0 aromatic carbocycles. The molecule has 0 aliphatic heterocycles. The van der Waals surface area contributed by atoms with E-state index in [-0.39, 0.29) is 161 Å². The summed E-state index contributed by atoms with van der Waals surface area (Å²) in [4.78, 5) is -0.870. The van der Waals surface area contributed by atoms with Crippen molar-refractivity contribution in [3.63, 3.8) is 0 Å². The van der Waals surface area contributed by atoms with Crippen molar-refractivity contribution in [3.05, 3.63) is 57.4 Å². The van der Waals surface area contributed by atoms with Crippen LogP contribution in [0.3, 0.4) is 0 Å². The van der Waals surface area contributed by atoms with Crippen molar-refractivity contribution in [1.29, 1.82) is 0 Å². The van der Waals surface area contributed by atoms with Gasteiger partial charge in [0.2, 0.25) is 0 Å². The van der Waals surface area contributed by atoms with E-state index in [1.807, 2.05) is 13.8 Å². The SMILES string of the molecule is CC(C)N.CCC.CCC.NC(O)C(Cl)Cl.[B]CC(N)O.[B]CN=S.[CH2-]C.[CH2-]C.[CH2-]C.[CH2-]C.[CH3-].[CH3-].[CH3-].[CH3-].[Na+].[Na+].[Na+].[Na+]. The van der Waals surface area contributed by atoms with Gasteiger partial charge in [-0.05, 0) is 6.04 Å². The smallest absolute Gasteiger partial charge is 0.380 e. The van der Waals surface area contributed by atoms with Gasteiger partial charge < -0.3 is 84.8 Å². The van der Waals surface area contributed by atoms with Crippen LogP contribution in [0.25, 0.3) is 0 Å². The minimum Gasteiger partial charge on any atom is -0.380 e. The number of halogens is 2. The van der Waals surface area contributed by atoms with Crippen LogP contribution in [0.2, 0.25) is 6.32 Å². The van der Waals surface area contributed by atoms with Crippen molar-refractivity contribution in [3.8, 4) is 0 Å². The van der Waals surface area contributed by atoms with E-state index >= 15 is 0 Å². The predicted molar refractivity (Wildman–Crippen MR) is 188 cm³/mol. The predicted octanol–water partition coefficient (Wildman–Crippen LogP) is -4.87. The summed E-state index contributed by atoms with van der Waals surface area (Å²) in [6.45, 7) is 32.4. The standard InChI is InChI=1S/C3H9N.2C3H8.C2H6BNO.C2H5Cl2NO.4C2H5.CH2BNS.4CH3.4Na/c1-3(2)4;2*1-3-2;3-1-2(4)5;3-1(4)2(5)6;4*1-2;2-1-3-4;;;;;;;;/h3H,4H2,1-2H3;2*3H2,1-2H3;2,5H,1,4H2;1-2,6H,5H2;4*1H2,2H3;1H2;4*1H3;;;;/q;;;;;4*-1;;4*-1;4*+1. The van der Waals surface area contributed by atoms with E-state index in [4.69, 9.17) is 66.3 Å². The van der Waals surface area contributed by atoms with Crippen molar-refractivity contribution >= 4 is 51.3 Å². The Kier molecular flexibility index (Phi) is 529. The molecular weight excluding hydrogens is 617 g/mol. The van der Waals surface area contributed by atoms with Crippen molar-refractivity contribution in [1.82, 2.24) is 0 Å². The first-order valence-electron chi connectivity index (χ1n) is 10.8. The Morgan fingerprint density at radius 3 is 0.756 bits per heavy atom. The summed E-state index contributed by atoms with van der Waals surface area (Å²) in [5.74, 6) is 0. The third kappa shape index (κ3) is 606. The maximum absolute atomic E-state index is 8.14. The van der Waals surface area contributed by atoms with Crippen molar-refractivity contribution in [2.24, 2.45) is 21.6 Å². The molecule has 0 amide bonds. The fraction of sp³-hybridized carbons (Fsp3) is 0.692. The van der Waals surface area contributed by atoms with Crippen LogP contribution in [-0.2, 0) is 12.4 Å².